The van der Waals surface area contributed by atoms with Crippen molar-refractivity contribution in [2.24, 2.45) is 0 Å². The number of carbonyl (C=O) groups excluding carboxylic acids is 2. The Balaban J connectivity index is 1.37. The van der Waals surface area contributed by atoms with Crippen molar-refractivity contribution in [1.82, 2.24) is 30.3 Å². The van der Waals surface area contributed by atoms with E-state index < -0.39 is 6.09 Å². The summed E-state index contributed by atoms with van der Waals surface area (Å²) in [7, 11) is 1.52. The van der Waals surface area contributed by atoms with Gasteiger partial charge in [-0.15, -0.1) is 10.2 Å². The lowest BCUT2D eigenvalue weighted by atomic mass is 10.1. The molecule has 2 saturated heterocycles. The van der Waals surface area contributed by atoms with Crippen molar-refractivity contribution in [3.8, 4) is 17.0 Å². The molecule has 4 heterocycles. The molecule has 0 bridgehead atoms. The van der Waals surface area contributed by atoms with Crippen molar-refractivity contribution in [2.45, 2.75) is 32.2 Å². The van der Waals surface area contributed by atoms with Crippen LogP contribution in [0.2, 0.25) is 0 Å². The van der Waals surface area contributed by atoms with E-state index in [1.54, 1.807) is 18.3 Å². The van der Waals surface area contributed by atoms with Gasteiger partial charge in [0.15, 0.2) is 5.82 Å². The van der Waals surface area contributed by atoms with Crippen molar-refractivity contribution in [2.75, 3.05) is 44.7 Å². The number of hydrogen-bond donors (Lipinski definition) is 1. The van der Waals surface area contributed by atoms with Gasteiger partial charge in [-0.25, -0.2) is 9.59 Å². The number of nitrogens with zero attached hydrogens (tertiary/aromatic N) is 6. The zero-order valence-electron chi connectivity index (χ0n) is 20.7. The normalized spacial score (nSPS) is 18.3. The van der Waals surface area contributed by atoms with E-state index in [1.807, 2.05) is 34.2 Å². The SMILES string of the molecule is CNC(=O)Oc1ccc(-c2nnc(N3CCN(C(=O)N4CCCCC4)[C@@H](C)C3)c3cnccc23)cc1. The number of urea groups is 1. The van der Waals surface area contributed by atoms with Crippen LogP contribution >= 0.6 is 0 Å². The summed E-state index contributed by atoms with van der Waals surface area (Å²) in [5.41, 5.74) is 1.59. The summed E-state index contributed by atoms with van der Waals surface area (Å²) in [5, 5.41) is 13.5. The lowest BCUT2D eigenvalue weighted by Crippen LogP contribution is -2.58. The molecule has 3 aromatic rings. The van der Waals surface area contributed by atoms with E-state index >= 15 is 0 Å². The molecule has 10 nitrogen and oxygen atoms in total. The molecular formula is C26H31N7O3. The largest absolute Gasteiger partial charge is 0.412 e. The van der Waals surface area contributed by atoms with Gasteiger partial charge >= 0.3 is 12.1 Å². The van der Waals surface area contributed by atoms with Crippen molar-refractivity contribution in [3.63, 3.8) is 0 Å². The quantitative estimate of drug-likeness (QED) is 0.600. The van der Waals surface area contributed by atoms with Crippen LogP contribution in [-0.4, -0.2) is 82.9 Å². The summed E-state index contributed by atoms with van der Waals surface area (Å²) in [6.07, 6.45) is 6.43. The number of carbonyl (C=O) groups is 2. The molecule has 0 spiro atoms. The summed E-state index contributed by atoms with van der Waals surface area (Å²) in [4.78, 5) is 35.1. The molecule has 0 unspecified atom stereocenters. The Morgan fingerprint density at radius 2 is 1.75 bits per heavy atom. The molecule has 3 amide bonds. The highest BCUT2D eigenvalue weighted by Crippen LogP contribution is 2.32. The van der Waals surface area contributed by atoms with Gasteiger partial charge in [0.25, 0.3) is 0 Å². The molecule has 188 valence electrons. The maximum Gasteiger partial charge on any atom is 0.412 e. The van der Waals surface area contributed by atoms with Crippen molar-refractivity contribution in [3.05, 3.63) is 42.7 Å². The van der Waals surface area contributed by atoms with Gasteiger partial charge in [-0.1, -0.05) is 0 Å². The number of likely N-dealkylation sites (tertiary alicyclic amines) is 1. The molecule has 1 atom stereocenters. The van der Waals surface area contributed by atoms with Crippen molar-refractivity contribution in [1.29, 1.82) is 0 Å². The van der Waals surface area contributed by atoms with E-state index in [0.717, 1.165) is 53.8 Å². The summed E-state index contributed by atoms with van der Waals surface area (Å²) in [6.45, 7) is 5.82. The van der Waals surface area contributed by atoms with Crippen LogP contribution in [0.3, 0.4) is 0 Å². The topological polar surface area (TPSA) is 104 Å². The molecule has 2 fully saturated rings. The molecule has 1 N–H and O–H groups in total. The number of aromatic nitrogens is 3. The van der Waals surface area contributed by atoms with Crippen molar-refractivity contribution >= 4 is 28.7 Å². The van der Waals surface area contributed by atoms with E-state index in [9.17, 15) is 9.59 Å². The van der Waals surface area contributed by atoms with Gasteiger partial charge in [0.1, 0.15) is 11.4 Å². The lowest BCUT2D eigenvalue weighted by Gasteiger charge is -2.43. The van der Waals surface area contributed by atoms with Gasteiger partial charge in [-0.05, 0) is 56.5 Å². The number of amides is 3. The minimum Gasteiger partial charge on any atom is -0.410 e. The number of benzene rings is 1. The highest BCUT2D eigenvalue weighted by Gasteiger charge is 2.32. The second-order valence-electron chi connectivity index (χ2n) is 9.28. The third-order valence-corrected chi connectivity index (χ3v) is 6.90. The van der Waals surface area contributed by atoms with E-state index in [1.165, 1.54) is 13.5 Å². The van der Waals surface area contributed by atoms with E-state index in [2.05, 4.69) is 32.3 Å². The zero-order valence-corrected chi connectivity index (χ0v) is 20.7. The third kappa shape index (κ3) is 4.75. The number of ether oxygens (including phenoxy) is 1. The first-order valence-electron chi connectivity index (χ1n) is 12.5. The Morgan fingerprint density at radius 3 is 2.47 bits per heavy atom. The van der Waals surface area contributed by atoms with Gasteiger partial charge in [0, 0.05) is 74.5 Å². The summed E-state index contributed by atoms with van der Waals surface area (Å²) >= 11 is 0. The van der Waals surface area contributed by atoms with Gasteiger partial charge < -0.3 is 24.8 Å². The van der Waals surface area contributed by atoms with E-state index in [-0.39, 0.29) is 12.1 Å². The summed E-state index contributed by atoms with van der Waals surface area (Å²) < 4.78 is 5.18. The molecule has 10 heteroatoms. The maximum atomic E-state index is 13.1. The van der Waals surface area contributed by atoms with Crippen molar-refractivity contribution < 1.29 is 14.3 Å². The summed E-state index contributed by atoms with van der Waals surface area (Å²) in [5.74, 6) is 1.22. The average Bonchev–Trinajstić information content (AvgIpc) is 2.93. The third-order valence-electron chi connectivity index (χ3n) is 6.90. The molecular weight excluding hydrogens is 458 g/mol. The first kappa shape index (κ1) is 23.8. The molecule has 2 aliphatic heterocycles. The standard InChI is InChI=1S/C26H31N7O3/c1-18-17-32(14-15-33(18)26(35)31-12-4-3-5-13-31)24-22-16-28-11-10-21(22)23(29-30-24)19-6-8-20(9-7-19)36-25(34)27-2/h6-11,16,18H,3-5,12-15,17H2,1-2H3,(H,27,34)/t18-/m0/s1. The molecule has 0 saturated carbocycles. The molecule has 2 aliphatic rings. The average molecular weight is 490 g/mol. The highest BCUT2D eigenvalue weighted by atomic mass is 16.5. The Morgan fingerprint density at radius 1 is 0.972 bits per heavy atom. The Hall–Kier alpha value is -3.95. The van der Waals surface area contributed by atoms with Crippen LogP contribution in [-0.2, 0) is 0 Å². The van der Waals surface area contributed by atoms with Gasteiger partial charge in [0.05, 0.1) is 0 Å². The zero-order chi connectivity index (χ0) is 25.1. The molecule has 0 radical (unpaired) electrons. The van der Waals surface area contributed by atoms with Gasteiger partial charge in [-0.2, -0.15) is 0 Å². The van der Waals surface area contributed by atoms with E-state index in [0.29, 0.717) is 25.4 Å². The Bertz CT molecular complexity index is 1240. The van der Waals surface area contributed by atoms with Crippen LogP contribution in [0.15, 0.2) is 42.7 Å². The highest BCUT2D eigenvalue weighted by molar-refractivity contribution is 5.99. The van der Waals surface area contributed by atoms with Crippen LogP contribution in [0.1, 0.15) is 26.2 Å². The van der Waals surface area contributed by atoms with E-state index in [4.69, 9.17) is 4.74 Å². The minimum absolute atomic E-state index is 0.0641. The fourth-order valence-electron chi connectivity index (χ4n) is 4.97. The van der Waals surface area contributed by atoms with Crippen LogP contribution in [0.5, 0.6) is 5.75 Å². The maximum absolute atomic E-state index is 13.1. The number of piperidine rings is 1. The number of piperazine rings is 1. The fourth-order valence-corrected chi connectivity index (χ4v) is 4.97. The monoisotopic (exact) mass is 489 g/mol. The number of pyridine rings is 1. The van der Waals surface area contributed by atoms with Crippen LogP contribution in [0.25, 0.3) is 22.0 Å². The second-order valence-corrected chi connectivity index (χ2v) is 9.28. The number of nitrogens with one attached hydrogen (secondary N) is 1. The smallest absolute Gasteiger partial charge is 0.410 e. The van der Waals surface area contributed by atoms with Crippen LogP contribution in [0.4, 0.5) is 15.4 Å². The first-order valence-corrected chi connectivity index (χ1v) is 12.5. The van der Waals surface area contributed by atoms with Crippen LogP contribution in [0, 0.1) is 0 Å². The molecule has 36 heavy (non-hydrogen) atoms. The number of rotatable bonds is 3. The lowest BCUT2D eigenvalue weighted by molar-refractivity contribution is 0.123. The van der Waals surface area contributed by atoms with Gasteiger partial charge in [-0.3, -0.25) is 4.98 Å². The molecule has 5 rings (SSSR count). The summed E-state index contributed by atoms with van der Waals surface area (Å²) in [6, 6.07) is 9.33. The predicted molar refractivity (Wildman–Crippen MR) is 137 cm³/mol. The minimum atomic E-state index is -0.518. The molecule has 1 aromatic carbocycles. The first-order chi connectivity index (χ1) is 17.5. The number of anilines is 1. The Kier molecular flexibility index (Phi) is 6.84. The predicted octanol–water partition coefficient (Wildman–Crippen LogP) is 3.53. The Labute approximate surface area is 210 Å². The molecule has 2 aromatic heterocycles. The van der Waals surface area contributed by atoms with Crippen LogP contribution < -0.4 is 15.0 Å². The fraction of sp³-hybridized carbons (Fsp3) is 0.423. The number of hydrogen-bond acceptors (Lipinski definition) is 7. The number of fused-ring (bicyclic) bond motifs is 1. The molecule has 0 aliphatic carbocycles. The van der Waals surface area contributed by atoms with Gasteiger partial charge in [0.2, 0.25) is 0 Å². The second kappa shape index (κ2) is 10.3.